The van der Waals surface area contributed by atoms with Crippen LogP contribution in [0, 0.1) is 5.92 Å². The molecule has 0 aromatic carbocycles. The van der Waals surface area contributed by atoms with Crippen LogP contribution >= 0.6 is 0 Å². The second-order valence-electron chi connectivity index (χ2n) is 10.2. The summed E-state index contributed by atoms with van der Waals surface area (Å²) in [6.45, 7) is 4.54. The number of unbranched alkanes of at least 4 members (excludes halogenated alkanes) is 21. The minimum Gasteiger partial charge on any atom is -0.303 e. The molecule has 0 aliphatic rings. The lowest BCUT2D eigenvalue weighted by molar-refractivity contribution is -0.127. The van der Waals surface area contributed by atoms with Gasteiger partial charge in [0.1, 0.15) is 12.1 Å². The molecular formula is C30H58O2. The first-order valence-corrected chi connectivity index (χ1v) is 14.7. The van der Waals surface area contributed by atoms with E-state index >= 15 is 0 Å². The molecule has 0 radical (unpaired) electrons. The summed E-state index contributed by atoms with van der Waals surface area (Å²) in [4.78, 5) is 23.7. The smallest absolute Gasteiger partial charge is 0.143 e. The van der Waals surface area contributed by atoms with Gasteiger partial charge in [-0.1, -0.05) is 155 Å². The molecule has 2 nitrogen and oxygen atoms in total. The van der Waals surface area contributed by atoms with E-state index in [1.165, 1.54) is 128 Å². The van der Waals surface area contributed by atoms with Crippen LogP contribution in [0.4, 0.5) is 0 Å². The van der Waals surface area contributed by atoms with E-state index in [1.807, 2.05) is 0 Å². The molecule has 0 amide bonds. The second kappa shape index (κ2) is 26.6. The Morgan fingerprint density at radius 3 is 1.16 bits per heavy atom. The summed E-state index contributed by atoms with van der Waals surface area (Å²) < 4.78 is 0. The van der Waals surface area contributed by atoms with Crippen LogP contribution in [0.2, 0.25) is 0 Å². The first-order chi connectivity index (χ1) is 15.8. The molecule has 32 heavy (non-hydrogen) atoms. The fraction of sp³-hybridized carbons (Fsp3) is 0.933. The fourth-order valence-corrected chi connectivity index (χ4v) is 4.66. The van der Waals surface area contributed by atoms with Gasteiger partial charge in [0.15, 0.2) is 0 Å². The summed E-state index contributed by atoms with van der Waals surface area (Å²) in [5.41, 5.74) is 0. The molecule has 190 valence electrons. The van der Waals surface area contributed by atoms with Gasteiger partial charge < -0.3 is 4.79 Å². The summed E-state index contributed by atoms with van der Waals surface area (Å²) >= 11 is 0. The van der Waals surface area contributed by atoms with Gasteiger partial charge in [-0.05, 0) is 12.8 Å². The van der Waals surface area contributed by atoms with Crippen molar-refractivity contribution in [1.82, 2.24) is 0 Å². The Hall–Kier alpha value is -0.660. The van der Waals surface area contributed by atoms with E-state index in [0.29, 0.717) is 6.42 Å². The summed E-state index contributed by atoms with van der Waals surface area (Å²) in [6, 6.07) is 0. The van der Waals surface area contributed by atoms with E-state index in [2.05, 4.69) is 13.8 Å². The van der Waals surface area contributed by atoms with Crippen molar-refractivity contribution in [2.24, 2.45) is 5.92 Å². The zero-order chi connectivity index (χ0) is 23.5. The lowest BCUT2D eigenvalue weighted by Gasteiger charge is -2.09. The topological polar surface area (TPSA) is 34.1 Å². The molecule has 0 N–H and O–H groups in total. The normalized spacial score (nSPS) is 12.2. The number of hydrogen-bond donors (Lipinski definition) is 0. The summed E-state index contributed by atoms with van der Waals surface area (Å²) in [5.74, 6) is -0.139. The molecule has 0 bridgehead atoms. The lowest BCUT2D eigenvalue weighted by atomic mass is 9.94. The van der Waals surface area contributed by atoms with Crippen LogP contribution in [-0.4, -0.2) is 12.1 Å². The molecular weight excluding hydrogens is 392 g/mol. The monoisotopic (exact) mass is 450 g/mol. The molecule has 0 aromatic rings. The summed E-state index contributed by atoms with van der Waals surface area (Å²) in [7, 11) is 0. The van der Waals surface area contributed by atoms with Crippen molar-refractivity contribution >= 4 is 12.1 Å². The van der Waals surface area contributed by atoms with Crippen LogP contribution in [0.25, 0.3) is 0 Å². The highest BCUT2D eigenvalue weighted by atomic mass is 16.1. The van der Waals surface area contributed by atoms with Crippen molar-refractivity contribution in [2.75, 3.05) is 0 Å². The maximum atomic E-state index is 12.3. The highest BCUT2D eigenvalue weighted by molar-refractivity contribution is 5.93. The number of hydrogen-bond acceptors (Lipinski definition) is 2. The van der Waals surface area contributed by atoms with Gasteiger partial charge in [0, 0.05) is 6.42 Å². The Morgan fingerprint density at radius 1 is 0.500 bits per heavy atom. The molecule has 0 aliphatic carbocycles. The van der Waals surface area contributed by atoms with Crippen LogP contribution in [0.1, 0.15) is 174 Å². The molecule has 2 heteroatoms. The molecule has 1 unspecified atom stereocenters. The standard InChI is InChI=1S/C30H58O2/c1-3-5-7-9-11-13-15-17-18-20-22-24-26-29(28-31)30(32)27-25-23-21-19-16-14-12-10-8-6-4-2/h28-29H,3-27H2,1-2H3. The molecule has 0 spiro atoms. The van der Waals surface area contributed by atoms with E-state index in [9.17, 15) is 9.59 Å². The predicted molar refractivity (Wildman–Crippen MR) is 141 cm³/mol. The lowest BCUT2D eigenvalue weighted by Crippen LogP contribution is -2.15. The highest BCUT2D eigenvalue weighted by Crippen LogP contribution is 2.17. The third kappa shape index (κ3) is 22.5. The zero-order valence-corrected chi connectivity index (χ0v) is 22.1. The van der Waals surface area contributed by atoms with Gasteiger partial charge in [0.25, 0.3) is 0 Å². The SMILES string of the molecule is CCCCCCCCCCCCCCC(C=O)C(=O)CCCCCCCCCCCCC. The van der Waals surface area contributed by atoms with Crippen LogP contribution in [0.5, 0.6) is 0 Å². The molecule has 1 atom stereocenters. The largest absolute Gasteiger partial charge is 0.303 e. The average Bonchev–Trinajstić information content (AvgIpc) is 2.80. The maximum Gasteiger partial charge on any atom is 0.143 e. The van der Waals surface area contributed by atoms with Crippen molar-refractivity contribution in [3.8, 4) is 0 Å². The third-order valence-corrected chi connectivity index (χ3v) is 6.97. The minimum absolute atomic E-state index is 0.194. The molecule has 0 saturated carbocycles. The van der Waals surface area contributed by atoms with E-state index in [1.54, 1.807) is 0 Å². The zero-order valence-electron chi connectivity index (χ0n) is 22.1. The number of carbonyl (C=O) groups is 2. The molecule has 0 heterocycles. The number of aldehydes is 1. The number of carbonyl (C=O) groups excluding carboxylic acids is 2. The average molecular weight is 451 g/mol. The Labute approximate surface area is 202 Å². The van der Waals surface area contributed by atoms with Crippen molar-refractivity contribution < 1.29 is 9.59 Å². The van der Waals surface area contributed by atoms with E-state index in [4.69, 9.17) is 0 Å². The van der Waals surface area contributed by atoms with E-state index in [-0.39, 0.29) is 11.7 Å². The quantitative estimate of drug-likeness (QED) is 0.0708. The Morgan fingerprint density at radius 2 is 0.812 bits per heavy atom. The number of rotatable bonds is 27. The van der Waals surface area contributed by atoms with Crippen LogP contribution in [-0.2, 0) is 9.59 Å². The molecule has 0 aliphatic heterocycles. The van der Waals surface area contributed by atoms with Crippen LogP contribution < -0.4 is 0 Å². The first kappa shape index (κ1) is 31.3. The molecule has 0 rings (SSSR count). The van der Waals surface area contributed by atoms with E-state index < -0.39 is 0 Å². The molecule has 0 aromatic heterocycles. The van der Waals surface area contributed by atoms with Crippen molar-refractivity contribution in [1.29, 1.82) is 0 Å². The molecule has 0 saturated heterocycles. The van der Waals surface area contributed by atoms with Crippen molar-refractivity contribution in [2.45, 2.75) is 174 Å². The number of Topliss-reactive ketones (excluding diaryl/α,β-unsaturated/α-hetero) is 1. The van der Waals surface area contributed by atoms with Crippen LogP contribution in [0.3, 0.4) is 0 Å². The van der Waals surface area contributed by atoms with Gasteiger partial charge in [-0.25, -0.2) is 0 Å². The fourth-order valence-electron chi connectivity index (χ4n) is 4.66. The second-order valence-corrected chi connectivity index (χ2v) is 10.2. The Kier molecular flexibility index (Phi) is 26.0. The Bertz CT molecular complexity index is 390. The third-order valence-electron chi connectivity index (χ3n) is 6.97. The first-order valence-electron chi connectivity index (χ1n) is 14.7. The van der Waals surface area contributed by atoms with Gasteiger partial charge in [0.2, 0.25) is 0 Å². The van der Waals surface area contributed by atoms with Crippen molar-refractivity contribution in [3.05, 3.63) is 0 Å². The van der Waals surface area contributed by atoms with Gasteiger partial charge in [-0.3, -0.25) is 4.79 Å². The summed E-state index contributed by atoms with van der Waals surface area (Å²) in [6.07, 6.45) is 32.4. The van der Waals surface area contributed by atoms with Crippen LogP contribution in [0.15, 0.2) is 0 Å². The van der Waals surface area contributed by atoms with Gasteiger partial charge in [0.05, 0.1) is 5.92 Å². The summed E-state index contributed by atoms with van der Waals surface area (Å²) in [5, 5.41) is 0. The van der Waals surface area contributed by atoms with Gasteiger partial charge in [-0.2, -0.15) is 0 Å². The van der Waals surface area contributed by atoms with Gasteiger partial charge in [-0.15, -0.1) is 0 Å². The number of ketones is 1. The van der Waals surface area contributed by atoms with Crippen molar-refractivity contribution in [3.63, 3.8) is 0 Å². The van der Waals surface area contributed by atoms with Gasteiger partial charge >= 0.3 is 0 Å². The highest BCUT2D eigenvalue weighted by Gasteiger charge is 2.16. The Balaban J connectivity index is 3.45. The van der Waals surface area contributed by atoms with E-state index in [0.717, 1.165) is 32.0 Å². The minimum atomic E-state index is -0.332. The molecule has 0 fully saturated rings. The maximum absolute atomic E-state index is 12.3. The predicted octanol–water partition coefficient (Wildman–Crippen LogP) is 10.2.